The minimum atomic E-state index is -0.435. The maximum absolute atomic E-state index is 12.6. The summed E-state index contributed by atoms with van der Waals surface area (Å²) in [6.07, 6.45) is 0.558. The molecule has 0 saturated carbocycles. The second kappa shape index (κ2) is 10.1. The normalized spacial score (nSPS) is 10.5. The van der Waals surface area contributed by atoms with Gasteiger partial charge in [0.1, 0.15) is 0 Å². The average Bonchev–Trinajstić information content (AvgIpc) is 2.75. The number of ketones is 1. The van der Waals surface area contributed by atoms with Crippen molar-refractivity contribution in [2.45, 2.75) is 40.5 Å². The molecule has 162 valence electrons. The number of ether oxygens (including phenoxy) is 4. The van der Waals surface area contributed by atoms with Gasteiger partial charge in [-0.2, -0.15) is 0 Å². The Labute approximate surface area is 178 Å². The number of hydrogen-bond acceptors (Lipinski definition) is 6. The van der Waals surface area contributed by atoms with E-state index in [1.165, 1.54) is 26.9 Å². The molecule has 0 heterocycles. The summed E-state index contributed by atoms with van der Waals surface area (Å²) in [5.74, 6) is 0.915. The lowest BCUT2D eigenvalue weighted by atomic mass is 9.93. The SMILES string of the molecule is COc1cc(CCC(=O)OCC(=O)c2cc(C)c(C)c(C)c2C)cc(OC)c1OC. The molecule has 0 bridgehead atoms. The molecule has 0 fully saturated rings. The zero-order valence-corrected chi connectivity index (χ0v) is 18.8. The molecule has 2 aromatic rings. The van der Waals surface area contributed by atoms with Gasteiger partial charge in [-0.1, -0.05) is 0 Å². The van der Waals surface area contributed by atoms with E-state index in [-0.39, 0.29) is 18.8 Å². The first-order valence-electron chi connectivity index (χ1n) is 9.78. The van der Waals surface area contributed by atoms with Crippen molar-refractivity contribution in [3.05, 3.63) is 51.6 Å². The fourth-order valence-electron chi connectivity index (χ4n) is 3.32. The molecule has 0 atom stereocenters. The molecule has 0 aliphatic heterocycles. The van der Waals surface area contributed by atoms with Gasteiger partial charge in [-0.15, -0.1) is 0 Å². The van der Waals surface area contributed by atoms with E-state index in [1.807, 2.05) is 33.8 Å². The van der Waals surface area contributed by atoms with Gasteiger partial charge in [-0.3, -0.25) is 9.59 Å². The van der Waals surface area contributed by atoms with Gasteiger partial charge in [0, 0.05) is 12.0 Å². The molecular weight excluding hydrogens is 384 g/mol. The molecule has 0 amide bonds. The monoisotopic (exact) mass is 414 g/mol. The van der Waals surface area contributed by atoms with Crippen molar-refractivity contribution in [3.8, 4) is 17.2 Å². The highest BCUT2D eigenvalue weighted by Gasteiger charge is 2.17. The van der Waals surface area contributed by atoms with Crippen molar-refractivity contribution in [1.29, 1.82) is 0 Å². The highest BCUT2D eigenvalue weighted by atomic mass is 16.5. The van der Waals surface area contributed by atoms with E-state index in [0.29, 0.717) is 29.2 Å². The molecule has 6 nitrogen and oxygen atoms in total. The largest absolute Gasteiger partial charge is 0.493 e. The molecule has 6 heteroatoms. The van der Waals surface area contributed by atoms with Crippen LogP contribution in [0.25, 0.3) is 0 Å². The number of aryl methyl sites for hydroxylation is 2. The maximum Gasteiger partial charge on any atom is 0.306 e. The first kappa shape index (κ1) is 23.3. The molecule has 0 unspecified atom stereocenters. The van der Waals surface area contributed by atoms with Crippen LogP contribution in [-0.2, 0) is 16.0 Å². The standard InChI is InChI=1S/C24H30O6/c1-14-10-19(17(4)16(3)15(14)2)20(25)13-30-23(26)9-8-18-11-21(27-5)24(29-7)22(12-18)28-6/h10-12H,8-9,13H2,1-7H3. The zero-order valence-electron chi connectivity index (χ0n) is 18.8. The van der Waals surface area contributed by atoms with Crippen molar-refractivity contribution in [1.82, 2.24) is 0 Å². The fraction of sp³-hybridized carbons (Fsp3) is 0.417. The van der Waals surface area contributed by atoms with Crippen LogP contribution in [0.2, 0.25) is 0 Å². The molecule has 2 aromatic carbocycles. The molecular formula is C24H30O6. The third kappa shape index (κ3) is 5.12. The van der Waals surface area contributed by atoms with Crippen LogP contribution in [0.15, 0.2) is 18.2 Å². The molecule has 30 heavy (non-hydrogen) atoms. The van der Waals surface area contributed by atoms with Crippen molar-refractivity contribution in [2.24, 2.45) is 0 Å². The van der Waals surface area contributed by atoms with Crippen LogP contribution in [0, 0.1) is 27.7 Å². The zero-order chi connectivity index (χ0) is 22.4. The van der Waals surface area contributed by atoms with E-state index in [0.717, 1.165) is 22.3 Å². The fourth-order valence-corrected chi connectivity index (χ4v) is 3.32. The third-order valence-electron chi connectivity index (χ3n) is 5.49. The highest BCUT2D eigenvalue weighted by molar-refractivity contribution is 5.99. The maximum atomic E-state index is 12.6. The van der Waals surface area contributed by atoms with E-state index in [2.05, 4.69) is 0 Å². The second-order valence-electron chi connectivity index (χ2n) is 7.23. The Bertz CT molecular complexity index is 920. The second-order valence-corrected chi connectivity index (χ2v) is 7.23. The molecule has 0 saturated heterocycles. The summed E-state index contributed by atoms with van der Waals surface area (Å²) < 4.78 is 21.2. The van der Waals surface area contributed by atoms with Gasteiger partial charge < -0.3 is 18.9 Å². The third-order valence-corrected chi connectivity index (χ3v) is 5.49. The summed E-state index contributed by atoms with van der Waals surface area (Å²) in [5.41, 5.74) is 5.69. The number of carbonyl (C=O) groups is 2. The highest BCUT2D eigenvalue weighted by Crippen LogP contribution is 2.38. The summed E-state index contributed by atoms with van der Waals surface area (Å²) >= 11 is 0. The van der Waals surface area contributed by atoms with Gasteiger partial charge in [0.15, 0.2) is 18.1 Å². The predicted octanol–water partition coefficient (Wildman–Crippen LogP) is 4.30. The van der Waals surface area contributed by atoms with Crippen LogP contribution in [0.4, 0.5) is 0 Å². The summed E-state index contributed by atoms with van der Waals surface area (Å²) in [7, 11) is 4.61. The van der Waals surface area contributed by atoms with Crippen molar-refractivity contribution < 1.29 is 28.5 Å². The lowest BCUT2D eigenvalue weighted by Crippen LogP contribution is -2.16. The molecule has 0 aromatic heterocycles. The quantitative estimate of drug-likeness (QED) is 0.450. The number of Topliss-reactive ketones (excluding diaryl/α,β-unsaturated/α-hetero) is 1. The first-order chi connectivity index (χ1) is 14.2. The van der Waals surface area contributed by atoms with Crippen LogP contribution in [0.3, 0.4) is 0 Å². The molecule has 0 radical (unpaired) electrons. The van der Waals surface area contributed by atoms with Crippen LogP contribution in [-0.4, -0.2) is 39.7 Å². The minimum Gasteiger partial charge on any atom is -0.493 e. The number of rotatable bonds is 9. The van der Waals surface area contributed by atoms with E-state index >= 15 is 0 Å². The number of esters is 1. The topological polar surface area (TPSA) is 71.1 Å². The molecule has 2 rings (SSSR count). The van der Waals surface area contributed by atoms with E-state index in [1.54, 1.807) is 12.1 Å². The van der Waals surface area contributed by atoms with Crippen molar-refractivity contribution in [3.63, 3.8) is 0 Å². The number of carbonyl (C=O) groups excluding carboxylic acids is 2. The number of methoxy groups -OCH3 is 3. The summed E-state index contributed by atoms with van der Waals surface area (Å²) in [6.45, 7) is 7.66. The minimum absolute atomic E-state index is 0.136. The summed E-state index contributed by atoms with van der Waals surface area (Å²) in [4.78, 5) is 24.8. The smallest absolute Gasteiger partial charge is 0.306 e. The van der Waals surface area contributed by atoms with E-state index in [9.17, 15) is 9.59 Å². The first-order valence-corrected chi connectivity index (χ1v) is 9.78. The van der Waals surface area contributed by atoms with Gasteiger partial charge in [0.05, 0.1) is 21.3 Å². The Morgan fingerprint density at radius 3 is 1.93 bits per heavy atom. The number of hydrogen-bond donors (Lipinski definition) is 0. The van der Waals surface area contributed by atoms with E-state index in [4.69, 9.17) is 18.9 Å². The van der Waals surface area contributed by atoms with Gasteiger partial charge in [0.2, 0.25) is 11.5 Å². The Kier molecular flexibility index (Phi) is 7.86. The van der Waals surface area contributed by atoms with Gasteiger partial charge in [0.25, 0.3) is 0 Å². The number of benzene rings is 2. The molecule has 0 spiro atoms. The Morgan fingerprint density at radius 2 is 1.40 bits per heavy atom. The van der Waals surface area contributed by atoms with E-state index < -0.39 is 5.97 Å². The van der Waals surface area contributed by atoms with Crippen molar-refractivity contribution in [2.75, 3.05) is 27.9 Å². The molecule has 0 N–H and O–H groups in total. The summed E-state index contributed by atoms with van der Waals surface area (Å²) in [5, 5.41) is 0. The summed E-state index contributed by atoms with van der Waals surface area (Å²) in [6, 6.07) is 5.45. The van der Waals surface area contributed by atoms with Gasteiger partial charge in [-0.25, -0.2) is 0 Å². The average molecular weight is 414 g/mol. The lowest BCUT2D eigenvalue weighted by molar-refractivity contribution is -0.142. The predicted molar refractivity (Wildman–Crippen MR) is 115 cm³/mol. The lowest BCUT2D eigenvalue weighted by Gasteiger charge is -2.14. The Balaban J connectivity index is 2.00. The van der Waals surface area contributed by atoms with Gasteiger partial charge in [-0.05, 0) is 80.1 Å². The molecule has 0 aliphatic rings. The van der Waals surface area contributed by atoms with Crippen LogP contribution in [0.5, 0.6) is 17.2 Å². The Hall–Kier alpha value is -3.02. The van der Waals surface area contributed by atoms with Crippen LogP contribution in [0.1, 0.15) is 44.6 Å². The van der Waals surface area contributed by atoms with Gasteiger partial charge >= 0.3 is 5.97 Å². The van der Waals surface area contributed by atoms with Crippen LogP contribution < -0.4 is 14.2 Å². The molecule has 0 aliphatic carbocycles. The van der Waals surface area contributed by atoms with Crippen molar-refractivity contribution >= 4 is 11.8 Å². The van der Waals surface area contributed by atoms with Crippen LogP contribution >= 0.6 is 0 Å². The Morgan fingerprint density at radius 1 is 0.800 bits per heavy atom.